The summed E-state index contributed by atoms with van der Waals surface area (Å²) in [5.74, 6) is -2.85. The number of ether oxygens (including phenoxy) is 4. The van der Waals surface area contributed by atoms with Crippen molar-refractivity contribution in [3.8, 4) is 0 Å². The molecule has 4 rings (SSSR count). The summed E-state index contributed by atoms with van der Waals surface area (Å²) in [4.78, 5) is 36.9. The molecule has 2 saturated heterocycles. The molecule has 4 aliphatic rings. The predicted octanol–water partition coefficient (Wildman–Crippen LogP) is 1.35. The SMILES string of the molecule is C=C(C)C(=O)OC1C2CC3C1OC(=O)C3C2C(=O)OC1CCCCO1. The highest BCUT2D eigenvalue weighted by atomic mass is 16.7. The van der Waals surface area contributed by atoms with Crippen LogP contribution >= 0.6 is 0 Å². The third kappa shape index (κ3) is 2.65. The summed E-state index contributed by atoms with van der Waals surface area (Å²) in [6, 6.07) is 0. The second-order valence-electron chi connectivity index (χ2n) is 7.40. The maximum absolute atomic E-state index is 12.7. The maximum Gasteiger partial charge on any atom is 0.333 e. The van der Waals surface area contributed by atoms with Gasteiger partial charge in [0.1, 0.15) is 12.2 Å². The first-order valence-electron chi connectivity index (χ1n) is 8.86. The Morgan fingerprint density at radius 1 is 1.20 bits per heavy atom. The molecule has 0 amide bonds. The van der Waals surface area contributed by atoms with Crippen molar-refractivity contribution in [2.75, 3.05) is 6.61 Å². The topological polar surface area (TPSA) is 88.1 Å². The first kappa shape index (κ1) is 16.6. The maximum atomic E-state index is 12.7. The Balaban J connectivity index is 1.51. The zero-order valence-electron chi connectivity index (χ0n) is 14.1. The highest BCUT2D eigenvalue weighted by Crippen LogP contribution is 2.59. The molecule has 7 nitrogen and oxygen atoms in total. The molecule has 0 aromatic carbocycles. The largest absolute Gasteiger partial charge is 0.458 e. The molecule has 0 N–H and O–H groups in total. The van der Waals surface area contributed by atoms with E-state index in [-0.39, 0.29) is 17.4 Å². The Morgan fingerprint density at radius 2 is 2.00 bits per heavy atom. The molecule has 4 fully saturated rings. The molecule has 0 aromatic rings. The molecule has 2 aliphatic heterocycles. The quantitative estimate of drug-likeness (QED) is 0.430. The van der Waals surface area contributed by atoms with Crippen LogP contribution in [0, 0.1) is 23.7 Å². The molecular formula is C18H22O7. The molecule has 2 saturated carbocycles. The molecule has 7 heteroatoms. The summed E-state index contributed by atoms with van der Waals surface area (Å²) < 4.78 is 21.9. The Labute approximate surface area is 145 Å². The summed E-state index contributed by atoms with van der Waals surface area (Å²) in [5, 5.41) is 0. The van der Waals surface area contributed by atoms with Gasteiger partial charge in [-0.3, -0.25) is 9.59 Å². The fourth-order valence-corrected chi connectivity index (χ4v) is 4.71. The van der Waals surface area contributed by atoms with Gasteiger partial charge in [-0.2, -0.15) is 0 Å². The lowest BCUT2D eigenvalue weighted by Gasteiger charge is -2.31. The van der Waals surface area contributed by atoms with Gasteiger partial charge in [-0.05, 0) is 26.2 Å². The van der Waals surface area contributed by atoms with Crippen LogP contribution in [0.15, 0.2) is 12.2 Å². The van der Waals surface area contributed by atoms with Crippen molar-refractivity contribution in [1.82, 2.24) is 0 Å². The van der Waals surface area contributed by atoms with Crippen molar-refractivity contribution in [2.45, 2.75) is 51.1 Å². The molecule has 136 valence electrons. The number of esters is 3. The van der Waals surface area contributed by atoms with Crippen LogP contribution < -0.4 is 0 Å². The molecule has 0 aromatic heterocycles. The second-order valence-corrected chi connectivity index (χ2v) is 7.40. The van der Waals surface area contributed by atoms with Gasteiger partial charge in [-0.1, -0.05) is 6.58 Å². The van der Waals surface area contributed by atoms with Crippen molar-refractivity contribution in [1.29, 1.82) is 0 Å². The summed E-state index contributed by atoms with van der Waals surface area (Å²) >= 11 is 0. The third-order valence-corrected chi connectivity index (χ3v) is 5.80. The van der Waals surface area contributed by atoms with E-state index >= 15 is 0 Å². The number of fused-ring (bicyclic) bond motifs is 1. The van der Waals surface area contributed by atoms with E-state index in [1.807, 2.05) is 0 Å². The minimum absolute atomic E-state index is 0.0924. The number of rotatable bonds is 4. The smallest absolute Gasteiger partial charge is 0.333 e. The zero-order chi connectivity index (χ0) is 17.7. The van der Waals surface area contributed by atoms with E-state index in [0.717, 1.165) is 12.8 Å². The average molecular weight is 350 g/mol. The van der Waals surface area contributed by atoms with Gasteiger partial charge >= 0.3 is 17.9 Å². The highest BCUT2D eigenvalue weighted by molar-refractivity contribution is 5.88. The zero-order valence-corrected chi connectivity index (χ0v) is 14.1. The van der Waals surface area contributed by atoms with E-state index in [1.165, 1.54) is 0 Å². The average Bonchev–Trinajstić information content (AvgIpc) is 3.19. The van der Waals surface area contributed by atoms with Gasteiger partial charge in [0.2, 0.25) is 6.29 Å². The Bertz CT molecular complexity index is 621. The van der Waals surface area contributed by atoms with Crippen LogP contribution in [-0.2, 0) is 33.3 Å². The summed E-state index contributed by atoms with van der Waals surface area (Å²) in [7, 11) is 0. The Hall–Kier alpha value is -1.89. The number of carbonyl (C=O) groups excluding carboxylic acids is 3. The van der Waals surface area contributed by atoms with Gasteiger partial charge in [0.05, 0.1) is 18.4 Å². The van der Waals surface area contributed by atoms with E-state index in [1.54, 1.807) is 6.92 Å². The van der Waals surface area contributed by atoms with E-state index in [4.69, 9.17) is 18.9 Å². The minimum atomic E-state index is -0.635. The van der Waals surface area contributed by atoms with Gasteiger partial charge in [0.25, 0.3) is 0 Å². The molecule has 0 radical (unpaired) electrons. The second kappa shape index (κ2) is 6.12. The van der Waals surface area contributed by atoms with Gasteiger partial charge in [-0.15, -0.1) is 0 Å². The molecule has 2 aliphatic carbocycles. The molecule has 2 bridgehead atoms. The summed E-state index contributed by atoms with van der Waals surface area (Å²) in [6.07, 6.45) is 1.57. The lowest BCUT2D eigenvalue weighted by molar-refractivity contribution is -0.196. The van der Waals surface area contributed by atoms with Crippen molar-refractivity contribution in [3.05, 3.63) is 12.2 Å². The van der Waals surface area contributed by atoms with Crippen LogP contribution in [0.2, 0.25) is 0 Å². The molecule has 25 heavy (non-hydrogen) atoms. The molecule has 2 heterocycles. The fraction of sp³-hybridized carbons (Fsp3) is 0.722. The van der Waals surface area contributed by atoms with Crippen LogP contribution in [0.25, 0.3) is 0 Å². The van der Waals surface area contributed by atoms with Gasteiger partial charge in [0, 0.05) is 23.8 Å². The number of hydrogen-bond acceptors (Lipinski definition) is 7. The van der Waals surface area contributed by atoms with Crippen LogP contribution in [0.1, 0.15) is 32.6 Å². The van der Waals surface area contributed by atoms with Crippen molar-refractivity contribution in [2.24, 2.45) is 23.7 Å². The first-order chi connectivity index (χ1) is 12.0. The van der Waals surface area contributed by atoms with Crippen molar-refractivity contribution >= 4 is 17.9 Å². The summed E-state index contributed by atoms with van der Waals surface area (Å²) in [5.41, 5.74) is 0.276. The third-order valence-electron chi connectivity index (χ3n) is 5.80. The number of carbonyl (C=O) groups is 3. The minimum Gasteiger partial charge on any atom is -0.458 e. The molecular weight excluding hydrogens is 328 g/mol. The normalized spacial score (nSPS) is 41.3. The lowest BCUT2D eigenvalue weighted by Crippen LogP contribution is -2.44. The first-order valence-corrected chi connectivity index (χ1v) is 8.86. The Morgan fingerprint density at radius 3 is 2.68 bits per heavy atom. The van der Waals surface area contributed by atoms with Crippen LogP contribution in [0.4, 0.5) is 0 Å². The number of hydrogen-bond donors (Lipinski definition) is 0. The lowest BCUT2D eigenvalue weighted by atomic mass is 9.78. The van der Waals surface area contributed by atoms with Crippen LogP contribution in [0.3, 0.4) is 0 Å². The monoisotopic (exact) mass is 350 g/mol. The fourth-order valence-electron chi connectivity index (χ4n) is 4.71. The highest BCUT2D eigenvalue weighted by Gasteiger charge is 2.70. The Kier molecular flexibility index (Phi) is 4.06. The van der Waals surface area contributed by atoms with E-state index in [9.17, 15) is 14.4 Å². The predicted molar refractivity (Wildman–Crippen MR) is 82.8 cm³/mol. The van der Waals surface area contributed by atoms with Gasteiger partial charge in [-0.25, -0.2) is 4.79 Å². The van der Waals surface area contributed by atoms with Crippen molar-refractivity contribution in [3.63, 3.8) is 0 Å². The van der Waals surface area contributed by atoms with Crippen LogP contribution in [-0.4, -0.2) is 43.0 Å². The molecule has 7 unspecified atom stereocenters. The van der Waals surface area contributed by atoms with E-state index < -0.39 is 48.2 Å². The standard InChI is InChI=1S/C18H22O7/c1-8(2)16(19)24-14-9-7-10-13(18(21)25-15(10)14)12(9)17(20)23-11-5-3-4-6-22-11/h9-15H,1,3-7H2,2H3. The van der Waals surface area contributed by atoms with Gasteiger partial charge in [0.15, 0.2) is 0 Å². The van der Waals surface area contributed by atoms with Crippen molar-refractivity contribution < 1.29 is 33.3 Å². The van der Waals surface area contributed by atoms with E-state index in [2.05, 4.69) is 6.58 Å². The molecule has 7 atom stereocenters. The van der Waals surface area contributed by atoms with E-state index in [0.29, 0.717) is 19.4 Å². The van der Waals surface area contributed by atoms with Gasteiger partial charge < -0.3 is 18.9 Å². The molecule has 0 spiro atoms. The summed E-state index contributed by atoms with van der Waals surface area (Å²) in [6.45, 7) is 5.71. The van der Waals surface area contributed by atoms with Crippen LogP contribution in [0.5, 0.6) is 0 Å².